The minimum atomic E-state index is -0.838. The number of aryl methyl sites for hydroxylation is 1. The van der Waals surface area contributed by atoms with Crippen LogP contribution >= 0.6 is 11.3 Å². The van der Waals surface area contributed by atoms with E-state index in [1.165, 1.54) is 6.42 Å². The van der Waals surface area contributed by atoms with Gasteiger partial charge in [-0.1, -0.05) is 6.92 Å². The van der Waals surface area contributed by atoms with Crippen LogP contribution in [0.25, 0.3) is 0 Å². The third-order valence-electron chi connectivity index (χ3n) is 2.86. The molecule has 0 aliphatic carbocycles. The second kappa shape index (κ2) is 6.61. The van der Waals surface area contributed by atoms with Crippen LogP contribution in [0.5, 0.6) is 0 Å². The van der Waals surface area contributed by atoms with Crippen LogP contribution in [0.3, 0.4) is 0 Å². The van der Waals surface area contributed by atoms with Crippen molar-refractivity contribution in [3.8, 4) is 0 Å². The molecule has 1 aromatic heterocycles. The molecule has 96 valence electrons. The monoisotopic (exact) mass is 273 g/mol. The number of ether oxygens (including phenoxy) is 1. The summed E-state index contributed by atoms with van der Waals surface area (Å²) in [5, 5.41) is 3.16. The maximum atomic E-state index is 12.0. The first kappa shape index (κ1) is 13.2. The molecular formula is C12H19NO2S2. The topological polar surface area (TPSA) is 39.2 Å². The molecule has 0 saturated carbocycles. The summed E-state index contributed by atoms with van der Waals surface area (Å²) in [7, 11) is -0.838. The summed E-state index contributed by atoms with van der Waals surface area (Å²) in [6.07, 6.45) is 4.58. The van der Waals surface area contributed by atoms with Gasteiger partial charge in [0.25, 0.3) is 0 Å². The first-order valence-corrected chi connectivity index (χ1v) is 8.54. The summed E-state index contributed by atoms with van der Waals surface area (Å²) in [6, 6.07) is 0. The highest BCUT2D eigenvalue weighted by atomic mass is 32.2. The molecule has 1 aliphatic rings. The van der Waals surface area contributed by atoms with Crippen molar-refractivity contribution in [2.24, 2.45) is 0 Å². The smallest absolute Gasteiger partial charge is 0.0925 e. The van der Waals surface area contributed by atoms with E-state index in [2.05, 4.69) is 11.9 Å². The van der Waals surface area contributed by atoms with E-state index in [9.17, 15) is 4.21 Å². The fourth-order valence-electron chi connectivity index (χ4n) is 1.95. The number of hydrogen-bond acceptors (Lipinski definition) is 4. The Morgan fingerprint density at radius 3 is 3.12 bits per heavy atom. The Morgan fingerprint density at radius 1 is 1.59 bits per heavy atom. The maximum Gasteiger partial charge on any atom is 0.0925 e. The van der Waals surface area contributed by atoms with E-state index in [0.29, 0.717) is 11.5 Å². The van der Waals surface area contributed by atoms with E-state index in [1.54, 1.807) is 11.3 Å². The summed E-state index contributed by atoms with van der Waals surface area (Å²) >= 11 is 1.66. The molecule has 1 aliphatic heterocycles. The van der Waals surface area contributed by atoms with Crippen LogP contribution in [0.15, 0.2) is 5.38 Å². The summed E-state index contributed by atoms with van der Waals surface area (Å²) in [6.45, 7) is 2.92. The third kappa shape index (κ3) is 4.16. The molecular weight excluding hydrogens is 254 g/mol. The average Bonchev–Trinajstić information content (AvgIpc) is 2.78. The summed E-state index contributed by atoms with van der Waals surface area (Å²) in [5.41, 5.74) is 0.973. The number of thiazole rings is 1. The second-order valence-electron chi connectivity index (χ2n) is 4.33. The number of rotatable bonds is 5. The van der Waals surface area contributed by atoms with Crippen LogP contribution < -0.4 is 0 Å². The molecule has 2 atom stereocenters. The van der Waals surface area contributed by atoms with Gasteiger partial charge in [0.1, 0.15) is 0 Å². The summed E-state index contributed by atoms with van der Waals surface area (Å²) < 4.78 is 17.6. The van der Waals surface area contributed by atoms with Gasteiger partial charge in [-0.15, -0.1) is 11.3 Å². The Morgan fingerprint density at radius 2 is 2.47 bits per heavy atom. The van der Waals surface area contributed by atoms with E-state index in [4.69, 9.17) is 4.74 Å². The molecule has 2 unspecified atom stereocenters. The van der Waals surface area contributed by atoms with Crippen LogP contribution in [0, 0.1) is 0 Å². The standard InChI is InChI=1S/C12H19NO2S2/c1-2-12-13-10(7-16-12)8-17(14)9-11-5-3-4-6-15-11/h7,11H,2-6,8-9H2,1H3. The van der Waals surface area contributed by atoms with E-state index in [-0.39, 0.29) is 6.10 Å². The SMILES string of the molecule is CCc1nc(CS(=O)CC2CCCCO2)cs1. The molecule has 0 bridgehead atoms. The lowest BCUT2D eigenvalue weighted by Gasteiger charge is -2.21. The lowest BCUT2D eigenvalue weighted by molar-refractivity contribution is 0.0310. The maximum absolute atomic E-state index is 12.0. The molecule has 0 N–H and O–H groups in total. The van der Waals surface area contributed by atoms with Gasteiger partial charge in [-0.25, -0.2) is 4.98 Å². The minimum Gasteiger partial charge on any atom is -0.377 e. The molecule has 1 saturated heterocycles. The molecule has 1 aromatic rings. The van der Waals surface area contributed by atoms with Gasteiger partial charge in [-0.3, -0.25) is 4.21 Å². The largest absolute Gasteiger partial charge is 0.377 e. The van der Waals surface area contributed by atoms with Crippen molar-refractivity contribution in [1.82, 2.24) is 4.98 Å². The lowest BCUT2D eigenvalue weighted by Crippen LogP contribution is -2.25. The Hall–Kier alpha value is -0.260. The van der Waals surface area contributed by atoms with Crippen LogP contribution in [0.2, 0.25) is 0 Å². The van der Waals surface area contributed by atoms with Gasteiger partial charge in [0.15, 0.2) is 0 Å². The highest BCUT2D eigenvalue weighted by Gasteiger charge is 2.17. The molecule has 2 rings (SSSR count). The predicted octanol–water partition coefficient (Wildman–Crippen LogP) is 2.52. The Balaban J connectivity index is 1.79. The van der Waals surface area contributed by atoms with Gasteiger partial charge in [0.05, 0.1) is 28.3 Å². The van der Waals surface area contributed by atoms with Gasteiger partial charge in [-0.05, 0) is 25.7 Å². The van der Waals surface area contributed by atoms with Gasteiger partial charge in [0.2, 0.25) is 0 Å². The molecule has 1 fully saturated rings. The van der Waals surface area contributed by atoms with Crippen molar-refractivity contribution in [3.05, 3.63) is 16.1 Å². The molecule has 0 radical (unpaired) electrons. The predicted molar refractivity (Wildman–Crippen MR) is 71.8 cm³/mol. The second-order valence-corrected chi connectivity index (χ2v) is 6.77. The fraction of sp³-hybridized carbons (Fsp3) is 0.750. The zero-order valence-corrected chi connectivity index (χ0v) is 11.8. The molecule has 0 amide bonds. The third-order valence-corrected chi connectivity index (χ3v) is 5.26. The first-order valence-electron chi connectivity index (χ1n) is 6.17. The van der Waals surface area contributed by atoms with Crippen LogP contribution in [-0.4, -0.2) is 27.7 Å². The van der Waals surface area contributed by atoms with Crippen molar-refractivity contribution in [2.75, 3.05) is 12.4 Å². The van der Waals surface area contributed by atoms with E-state index in [1.807, 2.05) is 5.38 Å². The Labute approximate surface area is 109 Å². The van der Waals surface area contributed by atoms with Crippen molar-refractivity contribution < 1.29 is 8.95 Å². The highest BCUT2D eigenvalue weighted by Crippen LogP contribution is 2.16. The molecule has 0 spiro atoms. The van der Waals surface area contributed by atoms with Crippen LogP contribution in [-0.2, 0) is 27.7 Å². The summed E-state index contributed by atoms with van der Waals surface area (Å²) in [5.74, 6) is 1.25. The quantitative estimate of drug-likeness (QED) is 0.827. The number of nitrogens with zero attached hydrogens (tertiary/aromatic N) is 1. The average molecular weight is 273 g/mol. The van der Waals surface area contributed by atoms with Crippen molar-refractivity contribution in [1.29, 1.82) is 0 Å². The number of aromatic nitrogens is 1. The molecule has 5 heteroatoms. The normalized spacial score (nSPS) is 22.5. The highest BCUT2D eigenvalue weighted by molar-refractivity contribution is 7.84. The van der Waals surface area contributed by atoms with E-state index < -0.39 is 10.8 Å². The zero-order chi connectivity index (χ0) is 12.1. The fourth-order valence-corrected chi connectivity index (χ4v) is 4.07. The van der Waals surface area contributed by atoms with Crippen LogP contribution in [0.4, 0.5) is 0 Å². The molecule has 17 heavy (non-hydrogen) atoms. The van der Waals surface area contributed by atoms with Crippen molar-refractivity contribution >= 4 is 22.1 Å². The van der Waals surface area contributed by atoms with Gasteiger partial charge in [0, 0.05) is 22.8 Å². The minimum absolute atomic E-state index is 0.203. The molecule has 2 heterocycles. The van der Waals surface area contributed by atoms with E-state index >= 15 is 0 Å². The van der Waals surface area contributed by atoms with Crippen molar-refractivity contribution in [3.63, 3.8) is 0 Å². The van der Waals surface area contributed by atoms with Crippen molar-refractivity contribution in [2.45, 2.75) is 44.5 Å². The zero-order valence-electron chi connectivity index (χ0n) is 10.2. The van der Waals surface area contributed by atoms with Gasteiger partial charge >= 0.3 is 0 Å². The Kier molecular flexibility index (Phi) is 5.13. The van der Waals surface area contributed by atoms with Gasteiger partial charge in [-0.2, -0.15) is 0 Å². The number of hydrogen-bond donors (Lipinski definition) is 0. The van der Waals surface area contributed by atoms with Crippen LogP contribution in [0.1, 0.15) is 36.9 Å². The molecule has 0 aromatic carbocycles. The van der Waals surface area contributed by atoms with E-state index in [0.717, 1.165) is 36.6 Å². The summed E-state index contributed by atoms with van der Waals surface area (Å²) in [4.78, 5) is 4.45. The Bertz CT molecular complexity index is 372. The lowest BCUT2D eigenvalue weighted by atomic mass is 10.1. The molecule has 3 nitrogen and oxygen atoms in total. The first-order chi connectivity index (χ1) is 8.28. The van der Waals surface area contributed by atoms with Gasteiger partial charge < -0.3 is 4.74 Å².